The van der Waals surface area contributed by atoms with E-state index in [1.54, 1.807) is 18.4 Å². The van der Waals surface area contributed by atoms with Crippen LogP contribution in [0, 0.1) is 0 Å². The molecule has 6 heteroatoms. The van der Waals surface area contributed by atoms with Gasteiger partial charge in [0.15, 0.2) is 0 Å². The van der Waals surface area contributed by atoms with Gasteiger partial charge in [0.2, 0.25) is 5.91 Å². The van der Waals surface area contributed by atoms with E-state index in [0.717, 1.165) is 42.3 Å². The highest BCUT2D eigenvalue weighted by molar-refractivity contribution is 7.11. The highest BCUT2D eigenvalue weighted by Gasteiger charge is 2.29. The molecule has 1 aromatic carbocycles. The molecule has 1 aliphatic heterocycles. The first-order valence-electron chi connectivity index (χ1n) is 9.97. The number of nitrogens with zero attached hydrogens (tertiary/aromatic N) is 3. The Labute approximate surface area is 164 Å². The van der Waals surface area contributed by atoms with E-state index in [-0.39, 0.29) is 5.91 Å². The molecule has 1 saturated carbocycles. The zero-order chi connectivity index (χ0) is 18.6. The van der Waals surface area contributed by atoms with Gasteiger partial charge in [-0.25, -0.2) is 0 Å². The third kappa shape index (κ3) is 4.32. The van der Waals surface area contributed by atoms with E-state index >= 15 is 0 Å². The van der Waals surface area contributed by atoms with Gasteiger partial charge in [-0.3, -0.25) is 4.79 Å². The summed E-state index contributed by atoms with van der Waals surface area (Å²) >= 11 is 1.78. The van der Waals surface area contributed by atoms with Crippen LogP contribution in [0.3, 0.4) is 0 Å². The zero-order valence-electron chi connectivity index (χ0n) is 15.9. The van der Waals surface area contributed by atoms with Crippen LogP contribution in [0.4, 0.5) is 0 Å². The van der Waals surface area contributed by atoms with Crippen LogP contribution in [0.1, 0.15) is 65.9 Å². The Morgan fingerprint density at radius 1 is 1.07 bits per heavy atom. The van der Waals surface area contributed by atoms with Crippen molar-refractivity contribution in [2.75, 3.05) is 20.2 Å². The summed E-state index contributed by atoms with van der Waals surface area (Å²) in [5, 5.41) is 11.3. The van der Waals surface area contributed by atoms with Gasteiger partial charge in [-0.1, -0.05) is 25.0 Å². The van der Waals surface area contributed by atoms with Crippen LogP contribution in [0.15, 0.2) is 24.3 Å². The number of likely N-dealkylation sites (tertiary alicyclic amines) is 1. The molecule has 1 unspecified atom stereocenters. The first kappa shape index (κ1) is 18.4. The van der Waals surface area contributed by atoms with Gasteiger partial charge >= 0.3 is 0 Å². The van der Waals surface area contributed by atoms with Gasteiger partial charge in [0.25, 0.3) is 0 Å². The summed E-state index contributed by atoms with van der Waals surface area (Å²) in [5.41, 5.74) is 1.03. The molecule has 27 heavy (non-hydrogen) atoms. The molecule has 1 aliphatic carbocycles. The molecule has 1 atom stereocenters. The molecule has 0 bridgehead atoms. The molecule has 5 nitrogen and oxygen atoms in total. The molecule has 2 aromatic rings. The maximum Gasteiger partial charge on any atom is 0.227 e. The van der Waals surface area contributed by atoms with Crippen molar-refractivity contribution in [1.29, 1.82) is 0 Å². The molecule has 0 radical (unpaired) electrons. The van der Waals surface area contributed by atoms with Crippen molar-refractivity contribution in [3.8, 4) is 5.75 Å². The lowest BCUT2D eigenvalue weighted by Crippen LogP contribution is -2.39. The Hall–Kier alpha value is -1.95. The lowest BCUT2D eigenvalue weighted by atomic mass is 9.98. The van der Waals surface area contributed by atoms with E-state index in [2.05, 4.69) is 10.2 Å². The van der Waals surface area contributed by atoms with Crippen molar-refractivity contribution in [2.45, 2.75) is 56.8 Å². The van der Waals surface area contributed by atoms with Gasteiger partial charge < -0.3 is 9.64 Å². The number of carbonyl (C=O) groups excluding carboxylic acids is 1. The summed E-state index contributed by atoms with van der Waals surface area (Å²) in [4.78, 5) is 14.8. The average molecular weight is 386 g/mol. The highest BCUT2D eigenvalue weighted by Crippen LogP contribution is 2.38. The van der Waals surface area contributed by atoms with E-state index in [4.69, 9.17) is 4.74 Å². The van der Waals surface area contributed by atoms with E-state index in [1.165, 1.54) is 30.7 Å². The standard InChI is InChI=1S/C21H27N3O2S/c1-26-18-10-8-15(9-11-18)13-19(25)24-12-4-7-17(14-24)21-23-22-20(27-21)16-5-2-3-6-16/h8-11,16-17H,2-7,12-14H2,1H3. The molecule has 0 N–H and O–H groups in total. The molecular formula is C21H27N3O2S. The predicted molar refractivity (Wildman–Crippen MR) is 106 cm³/mol. The topological polar surface area (TPSA) is 55.3 Å². The monoisotopic (exact) mass is 385 g/mol. The second-order valence-electron chi connectivity index (χ2n) is 7.66. The fourth-order valence-electron chi connectivity index (χ4n) is 4.18. The number of hydrogen-bond acceptors (Lipinski definition) is 5. The summed E-state index contributed by atoms with van der Waals surface area (Å²) in [6.07, 6.45) is 7.73. The molecule has 0 spiro atoms. The predicted octanol–water partition coefficient (Wildman–Crippen LogP) is 4.15. The number of ether oxygens (including phenoxy) is 1. The van der Waals surface area contributed by atoms with Gasteiger partial charge in [-0.05, 0) is 43.4 Å². The van der Waals surface area contributed by atoms with Crippen molar-refractivity contribution in [3.63, 3.8) is 0 Å². The number of benzene rings is 1. The quantitative estimate of drug-likeness (QED) is 0.776. The fourth-order valence-corrected chi connectivity index (χ4v) is 5.32. The molecular weight excluding hydrogens is 358 g/mol. The lowest BCUT2D eigenvalue weighted by molar-refractivity contribution is -0.131. The first-order chi connectivity index (χ1) is 13.2. The van der Waals surface area contributed by atoms with Gasteiger partial charge in [0.1, 0.15) is 15.8 Å². The van der Waals surface area contributed by atoms with Crippen LogP contribution in [0.2, 0.25) is 0 Å². The number of rotatable bonds is 5. The minimum atomic E-state index is 0.199. The summed E-state index contributed by atoms with van der Waals surface area (Å²) in [6.45, 7) is 1.62. The molecule has 1 saturated heterocycles. The first-order valence-corrected chi connectivity index (χ1v) is 10.8. The average Bonchev–Trinajstić information content (AvgIpc) is 3.40. The SMILES string of the molecule is COc1ccc(CC(=O)N2CCCC(c3nnc(C4CCCC4)s3)C2)cc1. The Bertz CT molecular complexity index is 768. The highest BCUT2D eigenvalue weighted by atomic mass is 32.1. The van der Waals surface area contributed by atoms with Crippen LogP contribution in [-0.4, -0.2) is 41.2 Å². The largest absolute Gasteiger partial charge is 0.497 e. The summed E-state index contributed by atoms with van der Waals surface area (Å²) in [7, 11) is 1.65. The van der Waals surface area contributed by atoms with E-state index in [9.17, 15) is 4.79 Å². The summed E-state index contributed by atoms with van der Waals surface area (Å²) in [6, 6.07) is 7.76. The Kier molecular flexibility index (Phi) is 5.72. The number of carbonyl (C=O) groups is 1. The van der Waals surface area contributed by atoms with Crippen LogP contribution in [-0.2, 0) is 11.2 Å². The fraction of sp³-hybridized carbons (Fsp3) is 0.571. The van der Waals surface area contributed by atoms with Gasteiger partial charge in [0.05, 0.1) is 13.5 Å². The molecule has 2 heterocycles. The minimum Gasteiger partial charge on any atom is -0.497 e. The van der Waals surface area contributed by atoms with Crippen LogP contribution < -0.4 is 4.74 Å². The van der Waals surface area contributed by atoms with Crippen molar-refractivity contribution < 1.29 is 9.53 Å². The zero-order valence-corrected chi connectivity index (χ0v) is 16.7. The van der Waals surface area contributed by atoms with Crippen LogP contribution in [0.5, 0.6) is 5.75 Å². The molecule has 4 rings (SSSR count). The summed E-state index contributed by atoms with van der Waals surface area (Å²) < 4.78 is 5.19. The molecule has 1 amide bonds. The number of piperidine rings is 1. The number of hydrogen-bond donors (Lipinski definition) is 0. The van der Waals surface area contributed by atoms with Crippen molar-refractivity contribution in [2.24, 2.45) is 0 Å². The van der Waals surface area contributed by atoms with E-state index in [0.29, 0.717) is 18.3 Å². The van der Waals surface area contributed by atoms with E-state index in [1.807, 2.05) is 29.2 Å². The molecule has 144 valence electrons. The van der Waals surface area contributed by atoms with Gasteiger partial charge in [0, 0.05) is 24.9 Å². The second kappa shape index (κ2) is 8.38. The Balaban J connectivity index is 1.37. The van der Waals surface area contributed by atoms with Crippen LogP contribution >= 0.6 is 11.3 Å². The minimum absolute atomic E-state index is 0.199. The number of aromatic nitrogens is 2. The number of methoxy groups -OCH3 is 1. The van der Waals surface area contributed by atoms with Crippen LogP contribution in [0.25, 0.3) is 0 Å². The van der Waals surface area contributed by atoms with Crippen molar-refractivity contribution >= 4 is 17.2 Å². The molecule has 1 aromatic heterocycles. The maximum atomic E-state index is 12.8. The van der Waals surface area contributed by atoms with E-state index < -0.39 is 0 Å². The van der Waals surface area contributed by atoms with Gasteiger partial charge in [-0.15, -0.1) is 21.5 Å². The second-order valence-corrected chi connectivity index (χ2v) is 8.70. The van der Waals surface area contributed by atoms with Crippen molar-refractivity contribution in [3.05, 3.63) is 39.8 Å². The lowest BCUT2D eigenvalue weighted by Gasteiger charge is -2.31. The van der Waals surface area contributed by atoms with Gasteiger partial charge in [-0.2, -0.15) is 0 Å². The Morgan fingerprint density at radius 2 is 1.74 bits per heavy atom. The molecule has 2 fully saturated rings. The summed E-state index contributed by atoms with van der Waals surface area (Å²) in [5.74, 6) is 1.97. The molecule has 2 aliphatic rings. The maximum absolute atomic E-state index is 12.8. The normalized spacial score (nSPS) is 20.8. The van der Waals surface area contributed by atoms with Crippen molar-refractivity contribution in [1.82, 2.24) is 15.1 Å². The Morgan fingerprint density at radius 3 is 2.44 bits per heavy atom. The third-order valence-electron chi connectivity index (χ3n) is 5.80. The third-order valence-corrected chi connectivity index (χ3v) is 7.05. The number of amides is 1. The smallest absolute Gasteiger partial charge is 0.227 e.